The molecule has 0 amide bonds. The molecule has 90 valence electrons. The molecular formula is C13H17N3S. The number of pyridine rings is 1. The molecule has 2 rings (SSSR count). The number of anilines is 2. The van der Waals surface area contributed by atoms with Crippen LogP contribution in [0.25, 0.3) is 10.9 Å². The van der Waals surface area contributed by atoms with E-state index in [0.29, 0.717) is 6.04 Å². The lowest BCUT2D eigenvalue weighted by atomic mass is 10.1. The Kier molecular flexibility index (Phi) is 3.74. The maximum absolute atomic E-state index is 5.92. The molecule has 0 radical (unpaired) electrons. The summed E-state index contributed by atoms with van der Waals surface area (Å²) >= 11 is 1.83. The van der Waals surface area contributed by atoms with Crippen molar-refractivity contribution in [2.24, 2.45) is 0 Å². The lowest BCUT2D eigenvalue weighted by molar-refractivity contribution is 0.916. The van der Waals surface area contributed by atoms with Crippen LogP contribution in [-0.4, -0.2) is 23.0 Å². The molecular weight excluding hydrogens is 230 g/mol. The third kappa shape index (κ3) is 2.64. The van der Waals surface area contributed by atoms with E-state index in [0.717, 1.165) is 28.0 Å². The number of hydrogen-bond donors (Lipinski definition) is 2. The smallest absolute Gasteiger partial charge is 0.0951 e. The molecule has 0 saturated carbocycles. The molecule has 1 heterocycles. The first-order valence-corrected chi connectivity index (χ1v) is 7.00. The number of fused-ring (bicyclic) bond motifs is 1. The van der Waals surface area contributed by atoms with Gasteiger partial charge in [0.15, 0.2) is 0 Å². The molecule has 1 atom stereocenters. The number of nitrogen functional groups attached to an aromatic ring is 1. The molecule has 0 fully saturated rings. The highest BCUT2D eigenvalue weighted by Gasteiger charge is 2.07. The van der Waals surface area contributed by atoms with Crippen LogP contribution in [0.15, 0.2) is 30.5 Å². The molecule has 2 aromatic rings. The molecule has 3 nitrogen and oxygen atoms in total. The van der Waals surface area contributed by atoms with Crippen molar-refractivity contribution in [2.75, 3.05) is 23.1 Å². The van der Waals surface area contributed by atoms with Gasteiger partial charge in [0.1, 0.15) is 0 Å². The molecule has 0 spiro atoms. The second kappa shape index (κ2) is 5.27. The van der Waals surface area contributed by atoms with Gasteiger partial charge in [0.25, 0.3) is 0 Å². The van der Waals surface area contributed by atoms with Crippen molar-refractivity contribution in [2.45, 2.75) is 13.0 Å². The number of nitrogens with two attached hydrogens (primary N) is 1. The highest BCUT2D eigenvalue weighted by atomic mass is 32.2. The monoisotopic (exact) mass is 247 g/mol. The number of hydrogen-bond acceptors (Lipinski definition) is 4. The summed E-state index contributed by atoms with van der Waals surface area (Å²) in [4.78, 5) is 4.32. The summed E-state index contributed by atoms with van der Waals surface area (Å²) in [6.07, 6.45) is 3.88. The van der Waals surface area contributed by atoms with Crippen LogP contribution in [0, 0.1) is 0 Å². The van der Waals surface area contributed by atoms with Gasteiger partial charge in [0, 0.05) is 29.1 Å². The Morgan fingerprint density at radius 1 is 1.41 bits per heavy atom. The second-order valence-corrected chi connectivity index (χ2v) is 5.01. The van der Waals surface area contributed by atoms with E-state index < -0.39 is 0 Å². The Morgan fingerprint density at radius 2 is 2.24 bits per heavy atom. The van der Waals surface area contributed by atoms with Crippen molar-refractivity contribution in [3.63, 3.8) is 0 Å². The predicted molar refractivity (Wildman–Crippen MR) is 77.6 cm³/mol. The van der Waals surface area contributed by atoms with Crippen LogP contribution in [0.4, 0.5) is 11.4 Å². The van der Waals surface area contributed by atoms with Gasteiger partial charge in [-0.25, -0.2) is 0 Å². The number of aromatic nitrogens is 1. The first-order chi connectivity index (χ1) is 8.22. The Morgan fingerprint density at radius 3 is 3.00 bits per heavy atom. The molecule has 0 bridgehead atoms. The van der Waals surface area contributed by atoms with Gasteiger partial charge in [-0.05, 0) is 37.4 Å². The number of thioether (sulfide) groups is 1. The average molecular weight is 247 g/mol. The van der Waals surface area contributed by atoms with Gasteiger partial charge in [-0.15, -0.1) is 0 Å². The third-order valence-electron chi connectivity index (χ3n) is 2.62. The van der Waals surface area contributed by atoms with Crippen LogP contribution in [0.3, 0.4) is 0 Å². The summed E-state index contributed by atoms with van der Waals surface area (Å²) < 4.78 is 0. The van der Waals surface area contributed by atoms with Crippen molar-refractivity contribution in [3.8, 4) is 0 Å². The molecule has 1 aromatic carbocycles. The zero-order valence-corrected chi connectivity index (χ0v) is 10.9. The van der Waals surface area contributed by atoms with E-state index in [4.69, 9.17) is 5.73 Å². The third-order valence-corrected chi connectivity index (χ3v) is 3.45. The van der Waals surface area contributed by atoms with Gasteiger partial charge < -0.3 is 11.1 Å². The van der Waals surface area contributed by atoms with Crippen molar-refractivity contribution in [1.82, 2.24) is 4.98 Å². The largest absolute Gasteiger partial charge is 0.397 e. The number of nitrogens with zero attached hydrogens (tertiary/aromatic N) is 1. The average Bonchev–Trinajstić information content (AvgIpc) is 2.34. The van der Waals surface area contributed by atoms with E-state index in [9.17, 15) is 0 Å². The highest BCUT2D eigenvalue weighted by Crippen LogP contribution is 2.27. The summed E-state index contributed by atoms with van der Waals surface area (Å²) in [5, 5.41) is 4.58. The molecule has 3 N–H and O–H groups in total. The first-order valence-electron chi connectivity index (χ1n) is 5.61. The highest BCUT2D eigenvalue weighted by molar-refractivity contribution is 7.98. The van der Waals surface area contributed by atoms with Crippen LogP contribution >= 0.6 is 11.8 Å². The van der Waals surface area contributed by atoms with E-state index >= 15 is 0 Å². The lowest BCUT2D eigenvalue weighted by Crippen LogP contribution is -2.17. The predicted octanol–water partition coefficient (Wildman–Crippen LogP) is 2.98. The molecule has 1 unspecified atom stereocenters. The van der Waals surface area contributed by atoms with Gasteiger partial charge in [-0.1, -0.05) is 0 Å². The Hall–Kier alpha value is -1.42. The minimum atomic E-state index is 0.428. The fraction of sp³-hybridized carbons (Fsp3) is 0.308. The summed E-state index contributed by atoms with van der Waals surface area (Å²) in [6, 6.07) is 8.34. The quantitative estimate of drug-likeness (QED) is 0.816. The van der Waals surface area contributed by atoms with Crippen LogP contribution in [0.1, 0.15) is 6.92 Å². The minimum Gasteiger partial charge on any atom is -0.397 e. The Labute approximate surface area is 106 Å². The summed E-state index contributed by atoms with van der Waals surface area (Å²) in [6.45, 7) is 2.18. The molecule has 0 saturated heterocycles. The zero-order valence-electron chi connectivity index (χ0n) is 10.1. The molecule has 4 heteroatoms. The Balaban J connectivity index is 2.38. The zero-order chi connectivity index (χ0) is 12.3. The number of nitrogens with one attached hydrogen (secondary N) is 1. The first kappa shape index (κ1) is 12.0. The van der Waals surface area contributed by atoms with Crippen LogP contribution in [0.2, 0.25) is 0 Å². The van der Waals surface area contributed by atoms with E-state index in [1.807, 2.05) is 36.0 Å². The molecule has 0 aliphatic heterocycles. The lowest BCUT2D eigenvalue weighted by Gasteiger charge is -2.16. The summed E-state index contributed by atoms with van der Waals surface area (Å²) in [5.41, 5.74) is 8.62. The molecule has 1 aromatic heterocycles. The van der Waals surface area contributed by atoms with Crippen molar-refractivity contribution in [1.29, 1.82) is 0 Å². The van der Waals surface area contributed by atoms with E-state index in [-0.39, 0.29) is 0 Å². The second-order valence-electron chi connectivity index (χ2n) is 4.10. The van der Waals surface area contributed by atoms with Gasteiger partial charge in [0.05, 0.1) is 11.2 Å². The molecule has 0 aliphatic rings. The van der Waals surface area contributed by atoms with Gasteiger partial charge in [-0.2, -0.15) is 11.8 Å². The standard InChI is InChI=1S/C13H17N3S/c1-9(8-17-2)16-12-6-5-11(14)13-10(12)4-3-7-15-13/h3-7,9,16H,8,14H2,1-2H3. The fourth-order valence-electron chi connectivity index (χ4n) is 1.88. The summed E-state index contributed by atoms with van der Waals surface area (Å²) in [5.74, 6) is 1.08. The van der Waals surface area contributed by atoms with E-state index in [1.54, 1.807) is 6.20 Å². The van der Waals surface area contributed by atoms with E-state index in [2.05, 4.69) is 23.5 Å². The van der Waals surface area contributed by atoms with Gasteiger partial charge >= 0.3 is 0 Å². The molecule has 17 heavy (non-hydrogen) atoms. The Bertz CT molecular complexity index is 513. The van der Waals surface area contributed by atoms with Crippen molar-refractivity contribution >= 4 is 34.0 Å². The minimum absolute atomic E-state index is 0.428. The van der Waals surface area contributed by atoms with Gasteiger partial charge in [-0.3, -0.25) is 4.98 Å². The maximum atomic E-state index is 5.92. The van der Waals surface area contributed by atoms with Crippen molar-refractivity contribution in [3.05, 3.63) is 30.5 Å². The molecule has 0 aliphatic carbocycles. The van der Waals surface area contributed by atoms with E-state index in [1.165, 1.54) is 0 Å². The van der Waals surface area contributed by atoms with Crippen molar-refractivity contribution < 1.29 is 0 Å². The van der Waals surface area contributed by atoms with Crippen LogP contribution < -0.4 is 11.1 Å². The number of benzene rings is 1. The fourth-order valence-corrected chi connectivity index (χ4v) is 2.46. The topological polar surface area (TPSA) is 50.9 Å². The maximum Gasteiger partial charge on any atom is 0.0951 e. The van der Waals surface area contributed by atoms with Gasteiger partial charge in [0.2, 0.25) is 0 Å². The normalized spacial score (nSPS) is 12.6. The van der Waals surface area contributed by atoms with Crippen LogP contribution in [0.5, 0.6) is 0 Å². The van der Waals surface area contributed by atoms with Crippen LogP contribution in [-0.2, 0) is 0 Å². The summed E-state index contributed by atoms with van der Waals surface area (Å²) in [7, 11) is 0. The SMILES string of the molecule is CSCC(C)Nc1ccc(N)c2ncccc12. The number of rotatable bonds is 4.